The summed E-state index contributed by atoms with van der Waals surface area (Å²) in [6, 6.07) is 8.31. The van der Waals surface area contributed by atoms with Crippen molar-refractivity contribution in [2.24, 2.45) is 0 Å². The number of aryl methyl sites for hydroxylation is 1. The normalized spacial score (nSPS) is 23.5. The van der Waals surface area contributed by atoms with E-state index in [2.05, 4.69) is 24.1 Å². The van der Waals surface area contributed by atoms with E-state index in [9.17, 15) is 5.11 Å². The first-order chi connectivity index (χ1) is 8.26. The number of rotatable bonds is 3. The van der Waals surface area contributed by atoms with Gasteiger partial charge in [-0.1, -0.05) is 24.3 Å². The van der Waals surface area contributed by atoms with Gasteiger partial charge in [0.05, 0.1) is 5.60 Å². The number of unbranched alkanes of at least 4 members (excludes halogenated alkanes) is 1. The number of terminal acetylenes is 1. The fourth-order valence-electron chi connectivity index (χ4n) is 2.80. The molecule has 1 atom stereocenters. The first-order valence-corrected chi connectivity index (χ1v) is 6.50. The molecule has 0 bridgehead atoms. The molecule has 0 heterocycles. The summed E-state index contributed by atoms with van der Waals surface area (Å²) in [4.78, 5) is 0. The highest BCUT2D eigenvalue weighted by Crippen LogP contribution is 2.37. The van der Waals surface area contributed by atoms with Crippen LogP contribution in [-0.2, 0) is 12.0 Å². The largest absolute Gasteiger partial charge is 0.385 e. The van der Waals surface area contributed by atoms with Crippen LogP contribution >= 0.6 is 0 Å². The first-order valence-electron chi connectivity index (χ1n) is 6.50. The molecule has 1 aliphatic carbocycles. The van der Waals surface area contributed by atoms with Gasteiger partial charge in [0, 0.05) is 6.42 Å². The van der Waals surface area contributed by atoms with Crippen LogP contribution in [0.2, 0.25) is 0 Å². The number of fused-ring (bicyclic) bond motifs is 1. The van der Waals surface area contributed by atoms with Crippen LogP contribution in [0.3, 0.4) is 0 Å². The van der Waals surface area contributed by atoms with Gasteiger partial charge in [-0.05, 0) is 49.7 Å². The second kappa shape index (κ2) is 5.38. The van der Waals surface area contributed by atoms with Crippen molar-refractivity contribution in [3.8, 4) is 12.3 Å². The SMILES string of the molecule is C#CCCCC1(O)CCCCc2ccccc21. The zero-order valence-corrected chi connectivity index (χ0v) is 10.3. The van der Waals surface area contributed by atoms with Crippen LogP contribution in [0.4, 0.5) is 0 Å². The molecule has 1 aromatic carbocycles. The van der Waals surface area contributed by atoms with E-state index in [-0.39, 0.29) is 0 Å². The van der Waals surface area contributed by atoms with E-state index >= 15 is 0 Å². The van der Waals surface area contributed by atoms with E-state index in [0.29, 0.717) is 0 Å². The summed E-state index contributed by atoms with van der Waals surface area (Å²) in [5.74, 6) is 2.65. The quantitative estimate of drug-likeness (QED) is 0.477. The van der Waals surface area contributed by atoms with Crippen molar-refractivity contribution in [2.75, 3.05) is 0 Å². The van der Waals surface area contributed by atoms with Crippen LogP contribution in [0.1, 0.15) is 49.7 Å². The highest BCUT2D eigenvalue weighted by molar-refractivity contribution is 5.33. The predicted octanol–water partition coefficient (Wildman–Crippen LogP) is 3.40. The fraction of sp³-hybridized carbons (Fsp3) is 0.500. The van der Waals surface area contributed by atoms with Crippen LogP contribution in [0.5, 0.6) is 0 Å². The maximum Gasteiger partial charge on any atom is 0.0899 e. The minimum absolute atomic E-state index is 0.649. The molecule has 0 spiro atoms. The Hall–Kier alpha value is -1.26. The third kappa shape index (κ3) is 2.70. The molecule has 2 rings (SSSR count). The van der Waals surface area contributed by atoms with Crippen molar-refractivity contribution in [2.45, 2.75) is 50.5 Å². The summed E-state index contributed by atoms with van der Waals surface area (Å²) < 4.78 is 0. The Labute approximate surface area is 104 Å². The molecule has 0 amide bonds. The number of hydrogen-bond donors (Lipinski definition) is 1. The van der Waals surface area contributed by atoms with Gasteiger partial charge < -0.3 is 5.11 Å². The third-order valence-corrected chi connectivity index (χ3v) is 3.72. The van der Waals surface area contributed by atoms with Crippen LogP contribution < -0.4 is 0 Å². The zero-order chi connectivity index (χ0) is 12.1. The van der Waals surface area contributed by atoms with E-state index < -0.39 is 5.60 Å². The van der Waals surface area contributed by atoms with Gasteiger partial charge in [-0.3, -0.25) is 0 Å². The van der Waals surface area contributed by atoms with Crippen molar-refractivity contribution in [3.05, 3.63) is 35.4 Å². The van der Waals surface area contributed by atoms with Crippen molar-refractivity contribution < 1.29 is 5.11 Å². The molecule has 0 saturated heterocycles. The topological polar surface area (TPSA) is 20.2 Å². The number of aliphatic hydroxyl groups is 1. The molecule has 0 saturated carbocycles. The number of benzene rings is 1. The van der Waals surface area contributed by atoms with E-state index in [0.717, 1.165) is 44.1 Å². The Kier molecular flexibility index (Phi) is 3.86. The van der Waals surface area contributed by atoms with E-state index in [1.165, 1.54) is 12.0 Å². The lowest BCUT2D eigenvalue weighted by Crippen LogP contribution is -2.25. The van der Waals surface area contributed by atoms with Gasteiger partial charge in [0.1, 0.15) is 0 Å². The average molecular weight is 228 g/mol. The zero-order valence-electron chi connectivity index (χ0n) is 10.3. The molecule has 0 aliphatic heterocycles. The van der Waals surface area contributed by atoms with Gasteiger partial charge in [0.25, 0.3) is 0 Å². The van der Waals surface area contributed by atoms with Crippen LogP contribution in [0.15, 0.2) is 24.3 Å². The minimum Gasteiger partial charge on any atom is -0.385 e. The second-order valence-electron chi connectivity index (χ2n) is 4.95. The van der Waals surface area contributed by atoms with Gasteiger partial charge in [0.2, 0.25) is 0 Å². The van der Waals surface area contributed by atoms with Gasteiger partial charge >= 0.3 is 0 Å². The molecule has 0 aromatic heterocycles. The monoisotopic (exact) mass is 228 g/mol. The molecular formula is C16H20O. The molecule has 1 unspecified atom stereocenters. The molecule has 90 valence electrons. The van der Waals surface area contributed by atoms with Crippen molar-refractivity contribution >= 4 is 0 Å². The van der Waals surface area contributed by atoms with Crippen LogP contribution in [0.25, 0.3) is 0 Å². The fourth-order valence-corrected chi connectivity index (χ4v) is 2.80. The summed E-state index contributed by atoms with van der Waals surface area (Å²) in [5, 5.41) is 10.9. The Morgan fingerprint density at radius 3 is 2.94 bits per heavy atom. The van der Waals surface area contributed by atoms with Crippen LogP contribution in [0, 0.1) is 12.3 Å². The van der Waals surface area contributed by atoms with Gasteiger partial charge in [0.15, 0.2) is 0 Å². The summed E-state index contributed by atoms with van der Waals surface area (Å²) in [7, 11) is 0. The van der Waals surface area contributed by atoms with E-state index in [1.807, 2.05) is 6.07 Å². The Balaban J connectivity index is 2.24. The lowest BCUT2D eigenvalue weighted by atomic mass is 9.84. The molecule has 17 heavy (non-hydrogen) atoms. The number of hydrogen-bond acceptors (Lipinski definition) is 1. The van der Waals surface area contributed by atoms with Gasteiger partial charge in [-0.2, -0.15) is 0 Å². The highest BCUT2D eigenvalue weighted by Gasteiger charge is 2.31. The van der Waals surface area contributed by atoms with Crippen molar-refractivity contribution in [3.63, 3.8) is 0 Å². The maximum atomic E-state index is 10.9. The van der Waals surface area contributed by atoms with Gasteiger partial charge in [-0.15, -0.1) is 12.3 Å². The average Bonchev–Trinajstić information content (AvgIpc) is 2.51. The summed E-state index contributed by atoms with van der Waals surface area (Å²) in [5.41, 5.74) is 1.80. The molecule has 1 aliphatic rings. The molecule has 0 fully saturated rings. The highest BCUT2D eigenvalue weighted by atomic mass is 16.3. The first kappa shape index (κ1) is 12.2. The smallest absolute Gasteiger partial charge is 0.0899 e. The minimum atomic E-state index is -0.649. The van der Waals surface area contributed by atoms with Crippen molar-refractivity contribution in [1.82, 2.24) is 0 Å². The third-order valence-electron chi connectivity index (χ3n) is 3.72. The molecule has 1 aromatic rings. The lowest BCUT2D eigenvalue weighted by molar-refractivity contribution is 0.0164. The summed E-state index contributed by atoms with van der Waals surface area (Å²) in [6.45, 7) is 0. The van der Waals surface area contributed by atoms with E-state index in [1.54, 1.807) is 0 Å². The summed E-state index contributed by atoms with van der Waals surface area (Å²) in [6.07, 6.45) is 12.0. The molecule has 1 nitrogen and oxygen atoms in total. The summed E-state index contributed by atoms with van der Waals surface area (Å²) >= 11 is 0. The molecule has 1 N–H and O–H groups in total. The van der Waals surface area contributed by atoms with Gasteiger partial charge in [-0.25, -0.2) is 0 Å². The van der Waals surface area contributed by atoms with E-state index in [4.69, 9.17) is 6.42 Å². The lowest BCUT2D eigenvalue weighted by Gasteiger charge is -2.28. The Bertz CT molecular complexity index is 416. The Morgan fingerprint density at radius 1 is 1.29 bits per heavy atom. The molecule has 0 radical (unpaired) electrons. The molecule has 1 heteroatoms. The molecular weight excluding hydrogens is 208 g/mol. The Morgan fingerprint density at radius 2 is 2.12 bits per heavy atom. The standard InChI is InChI=1S/C16H20O/c1-2-3-7-12-16(17)13-8-6-10-14-9-4-5-11-15(14)16/h1,4-5,9,11,17H,3,6-8,10,12-13H2. The van der Waals surface area contributed by atoms with Crippen LogP contribution in [-0.4, -0.2) is 5.11 Å². The maximum absolute atomic E-state index is 10.9. The van der Waals surface area contributed by atoms with Crippen molar-refractivity contribution in [1.29, 1.82) is 0 Å². The second-order valence-corrected chi connectivity index (χ2v) is 4.95. The predicted molar refractivity (Wildman–Crippen MR) is 70.6 cm³/mol.